The normalized spacial score (nSPS) is 13.0. The van der Waals surface area contributed by atoms with Crippen LogP contribution in [-0.4, -0.2) is 44.2 Å². The van der Waals surface area contributed by atoms with E-state index >= 15 is 0 Å². The van der Waals surface area contributed by atoms with E-state index < -0.39 is 0 Å². The number of hydrogen-bond acceptors (Lipinski definition) is 4. The number of ether oxygens (including phenoxy) is 1. The molecule has 0 atom stereocenters. The molecule has 28 heavy (non-hydrogen) atoms. The van der Waals surface area contributed by atoms with Crippen molar-refractivity contribution in [3.63, 3.8) is 0 Å². The van der Waals surface area contributed by atoms with Gasteiger partial charge in [-0.05, 0) is 49.1 Å². The molecule has 0 amide bonds. The Balaban J connectivity index is 1.44. The van der Waals surface area contributed by atoms with Crippen LogP contribution in [0.15, 0.2) is 41.5 Å². The first-order valence-corrected chi connectivity index (χ1v) is 10.1. The van der Waals surface area contributed by atoms with Crippen molar-refractivity contribution in [3.05, 3.63) is 53.2 Å². The third-order valence-corrected chi connectivity index (χ3v) is 5.04. The molecule has 6 nitrogen and oxygen atoms in total. The monoisotopic (exact) mass is 381 g/mol. The number of hydrogen-bond donors (Lipinski definition) is 2. The van der Waals surface area contributed by atoms with Gasteiger partial charge in [0.05, 0.1) is 6.61 Å². The summed E-state index contributed by atoms with van der Waals surface area (Å²) in [7, 11) is 1.80. The van der Waals surface area contributed by atoms with Crippen molar-refractivity contribution >= 4 is 11.8 Å². The van der Waals surface area contributed by atoms with Crippen LogP contribution >= 0.6 is 0 Å². The quantitative estimate of drug-likeness (QED) is 0.544. The van der Waals surface area contributed by atoms with Crippen molar-refractivity contribution in [2.45, 2.75) is 33.2 Å². The van der Waals surface area contributed by atoms with Gasteiger partial charge in [-0.15, -0.1) is 0 Å². The summed E-state index contributed by atoms with van der Waals surface area (Å²) in [4.78, 5) is 11.1. The smallest absolute Gasteiger partial charge is 0.191 e. The molecule has 1 aliphatic rings. The van der Waals surface area contributed by atoms with Crippen molar-refractivity contribution in [3.8, 4) is 5.75 Å². The van der Waals surface area contributed by atoms with E-state index in [1.54, 1.807) is 7.05 Å². The van der Waals surface area contributed by atoms with Gasteiger partial charge in [0.15, 0.2) is 5.96 Å². The first kappa shape index (κ1) is 20.0. The van der Waals surface area contributed by atoms with E-state index in [0.29, 0.717) is 6.54 Å². The van der Waals surface area contributed by atoms with Gasteiger partial charge in [0.25, 0.3) is 0 Å². The number of fused-ring (bicyclic) bond motifs is 1. The minimum Gasteiger partial charge on any atom is -0.493 e. The highest BCUT2D eigenvalue weighted by Gasteiger charge is 2.11. The fourth-order valence-corrected chi connectivity index (χ4v) is 3.38. The van der Waals surface area contributed by atoms with Gasteiger partial charge in [0, 0.05) is 45.8 Å². The second kappa shape index (κ2) is 9.97. The Hall–Kier alpha value is -2.76. The molecule has 1 aromatic carbocycles. The lowest BCUT2D eigenvalue weighted by Crippen LogP contribution is -2.37. The van der Waals surface area contributed by atoms with E-state index in [2.05, 4.69) is 69.7 Å². The average molecular weight is 382 g/mol. The maximum Gasteiger partial charge on any atom is 0.191 e. The maximum absolute atomic E-state index is 5.57. The lowest BCUT2D eigenvalue weighted by atomic mass is 10.1. The van der Waals surface area contributed by atoms with Gasteiger partial charge in [-0.2, -0.15) is 0 Å². The molecule has 0 radical (unpaired) electrons. The molecule has 0 fully saturated rings. The SMILES string of the molecule is CCN(CC)c1ccc(CNC(=NC)NCCc2ccc3c(c2)CCO3)cn1. The number of rotatable bonds is 8. The first-order valence-electron chi connectivity index (χ1n) is 10.1. The Kier molecular flexibility index (Phi) is 7.12. The highest BCUT2D eigenvalue weighted by molar-refractivity contribution is 5.79. The van der Waals surface area contributed by atoms with Crippen molar-refractivity contribution in [2.24, 2.45) is 4.99 Å². The topological polar surface area (TPSA) is 61.8 Å². The van der Waals surface area contributed by atoms with Crippen LogP contribution in [0.2, 0.25) is 0 Å². The van der Waals surface area contributed by atoms with E-state index in [0.717, 1.165) is 62.2 Å². The van der Waals surface area contributed by atoms with Crippen LogP contribution in [0.1, 0.15) is 30.5 Å². The number of anilines is 1. The van der Waals surface area contributed by atoms with Gasteiger partial charge in [-0.25, -0.2) is 4.98 Å². The van der Waals surface area contributed by atoms with Gasteiger partial charge in [-0.1, -0.05) is 18.2 Å². The number of nitrogens with one attached hydrogen (secondary N) is 2. The van der Waals surface area contributed by atoms with Gasteiger partial charge in [0.2, 0.25) is 0 Å². The van der Waals surface area contributed by atoms with Crippen LogP contribution in [0.4, 0.5) is 5.82 Å². The Morgan fingerprint density at radius 3 is 2.68 bits per heavy atom. The van der Waals surface area contributed by atoms with Gasteiger partial charge in [0.1, 0.15) is 11.6 Å². The second-order valence-electron chi connectivity index (χ2n) is 6.84. The highest BCUT2D eigenvalue weighted by atomic mass is 16.5. The Morgan fingerprint density at radius 1 is 1.14 bits per heavy atom. The minimum absolute atomic E-state index is 0.696. The molecule has 2 N–H and O–H groups in total. The summed E-state index contributed by atoms with van der Waals surface area (Å²) >= 11 is 0. The van der Waals surface area contributed by atoms with Crippen molar-refractivity contribution in [1.82, 2.24) is 15.6 Å². The number of benzene rings is 1. The summed E-state index contributed by atoms with van der Waals surface area (Å²) in [6.07, 6.45) is 3.90. The molecular formula is C22H31N5O. The molecule has 2 heterocycles. The van der Waals surface area contributed by atoms with Crippen LogP contribution in [-0.2, 0) is 19.4 Å². The van der Waals surface area contributed by atoms with Gasteiger partial charge in [-0.3, -0.25) is 4.99 Å². The van der Waals surface area contributed by atoms with Crippen LogP contribution in [0, 0.1) is 0 Å². The number of aromatic nitrogens is 1. The average Bonchev–Trinajstić information content (AvgIpc) is 3.20. The molecule has 0 unspecified atom stereocenters. The molecule has 0 spiro atoms. The molecule has 0 aliphatic carbocycles. The maximum atomic E-state index is 5.57. The fraction of sp³-hybridized carbons (Fsp3) is 0.455. The Morgan fingerprint density at radius 2 is 1.96 bits per heavy atom. The van der Waals surface area contributed by atoms with Crippen molar-refractivity contribution in [2.75, 3.05) is 38.2 Å². The predicted molar refractivity (Wildman–Crippen MR) is 115 cm³/mol. The molecular weight excluding hydrogens is 350 g/mol. The Labute approximate surface area is 168 Å². The highest BCUT2D eigenvalue weighted by Crippen LogP contribution is 2.25. The first-order chi connectivity index (χ1) is 13.7. The standard InChI is InChI=1S/C22H31N5O/c1-4-27(5-2)21-9-7-18(15-25-21)16-26-22(23-3)24-12-10-17-6-8-20-19(14-17)11-13-28-20/h6-9,14-15H,4-5,10-13,16H2,1-3H3,(H2,23,24,26). The third kappa shape index (κ3) is 5.15. The molecule has 0 saturated heterocycles. The zero-order valence-corrected chi connectivity index (χ0v) is 17.2. The molecule has 150 valence electrons. The summed E-state index contributed by atoms with van der Waals surface area (Å²) < 4.78 is 5.57. The lowest BCUT2D eigenvalue weighted by molar-refractivity contribution is 0.357. The molecule has 1 aromatic heterocycles. The van der Waals surface area contributed by atoms with Gasteiger partial charge >= 0.3 is 0 Å². The molecule has 0 saturated carbocycles. The number of pyridine rings is 1. The van der Waals surface area contributed by atoms with E-state index in [9.17, 15) is 0 Å². The van der Waals surface area contributed by atoms with Crippen molar-refractivity contribution in [1.29, 1.82) is 0 Å². The zero-order valence-electron chi connectivity index (χ0n) is 17.2. The molecule has 0 bridgehead atoms. The summed E-state index contributed by atoms with van der Waals surface area (Å²) in [5, 5.41) is 6.74. The van der Waals surface area contributed by atoms with E-state index in [1.165, 1.54) is 11.1 Å². The van der Waals surface area contributed by atoms with E-state index in [-0.39, 0.29) is 0 Å². The zero-order chi connectivity index (χ0) is 19.8. The fourth-order valence-electron chi connectivity index (χ4n) is 3.38. The molecule has 6 heteroatoms. The van der Waals surface area contributed by atoms with Crippen LogP contribution in [0.3, 0.4) is 0 Å². The third-order valence-electron chi connectivity index (χ3n) is 5.04. The Bertz CT molecular complexity index is 784. The number of aliphatic imine (C=N–C) groups is 1. The van der Waals surface area contributed by atoms with Crippen molar-refractivity contribution < 1.29 is 4.74 Å². The summed E-state index contributed by atoms with van der Waals surface area (Å²) in [5.41, 5.74) is 3.78. The summed E-state index contributed by atoms with van der Waals surface area (Å²) in [6, 6.07) is 10.7. The van der Waals surface area contributed by atoms with Crippen LogP contribution in [0.25, 0.3) is 0 Å². The van der Waals surface area contributed by atoms with E-state index in [4.69, 9.17) is 4.74 Å². The van der Waals surface area contributed by atoms with Crippen LogP contribution in [0.5, 0.6) is 5.75 Å². The van der Waals surface area contributed by atoms with E-state index in [1.807, 2.05) is 6.20 Å². The lowest BCUT2D eigenvalue weighted by Gasteiger charge is -2.19. The molecule has 1 aliphatic heterocycles. The number of guanidine groups is 1. The molecule has 3 rings (SSSR count). The van der Waals surface area contributed by atoms with Crippen LogP contribution < -0.4 is 20.3 Å². The summed E-state index contributed by atoms with van der Waals surface area (Å²) in [6.45, 7) is 8.56. The summed E-state index contributed by atoms with van der Waals surface area (Å²) in [5.74, 6) is 2.86. The van der Waals surface area contributed by atoms with Gasteiger partial charge < -0.3 is 20.3 Å². The second-order valence-corrected chi connectivity index (χ2v) is 6.84. The predicted octanol–water partition coefficient (Wildman–Crippen LogP) is 2.77. The largest absolute Gasteiger partial charge is 0.493 e. The number of nitrogens with zero attached hydrogens (tertiary/aromatic N) is 3. The molecule has 2 aromatic rings. The minimum atomic E-state index is 0.696.